The molecular weight excluding hydrogens is 390 g/mol. The van der Waals surface area contributed by atoms with E-state index >= 15 is 0 Å². The average molecular weight is 413 g/mol. The van der Waals surface area contributed by atoms with Crippen LogP contribution in [-0.2, 0) is 4.79 Å². The van der Waals surface area contributed by atoms with E-state index in [0.29, 0.717) is 23.2 Å². The van der Waals surface area contributed by atoms with Crippen LogP contribution in [0.1, 0.15) is 37.5 Å². The highest BCUT2D eigenvalue weighted by Crippen LogP contribution is 2.23. The zero-order valence-corrected chi connectivity index (χ0v) is 17.4. The normalized spacial score (nSPS) is 12.5. The largest absolute Gasteiger partial charge is 0.465 e. The first-order valence-electron chi connectivity index (χ1n) is 10.2. The number of amides is 1. The molecule has 0 radical (unpaired) electrons. The van der Waals surface area contributed by atoms with E-state index in [1.807, 2.05) is 54.6 Å². The fourth-order valence-electron chi connectivity index (χ4n) is 3.17. The van der Waals surface area contributed by atoms with Crippen LogP contribution in [0.2, 0.25) is 0 Å². The number of nitrogens with zero attached hydrogens (tertiary/aromatic N) is 4. The van der Waals surface area contributed by atoms with Gasteiger partial charge in [-0.1, -0.05) is 56.3 Å². The molecule has 1 N–H and O–H groups in total. The molecule has 2 aromatic heterocycles. The van der Waals surface area contributed by atoms with Gasteiger partial charge in [0.05, 0.1) is 6.26 Å². The lowest BCUT2D eigenvalue weighted by molar-refractivity contribution is -0.111. The number of rotatable bonds is 7. The quantitative estimate of drug-likeness (QED) is 0.427. The van der Waals surface area contributed by atoms with E-state index < -0.39 is 0 Å². The van der Waals surface area contributed by atoms with Gasteiger partial charge >= 0.3 is 0 Å². The second kappa shape index (κ2) is 9.21. The summed E-state index contributed by atoms with van der Waals surface area (Å²) in [7, 11) is 0. The molecule has 31 heavy (non-hydrogen) atoms. The highest BCUT2D eigenvalue weighted by molar-refractivity contribution is 6.24. The molecule has 0 unspecified atom stereocenters. The lowest BCUT2D eigenvalue weighted by atomic mass is 9.99. The molecule has 0 saturated carbocycles. The highest BCUT2D eigenvalue weighted by Gasteiger charge is 2.20. The van der Waals surface area contributed by atoms with Gasteiger partial charge in [-0.15, -0.1) is 5.10 Å². The van der Waals surface area contributed by atoms with Crippen LogP contribution in [-0.4, -0.2) is 26.1 Å². The molecule has 0 aliphatic carbocycles. The third-order valence-corrected chi connectivity index (χ3v) is 5.13. The van der Waals surface area contributed by atoms with Crippen molar-refractivity contribution in [2.45, 2.75) is 26.2 Å². The molecule has 4 aromatic rings. The van der Waals surface area contributed by atoms with Crippen molar-refractivity contribution in [3.05, 3.63) is 84.3 Å². The number of tetrazole rings is 1. The van der Waals surface area contributed by atoms with Gasteiger partial charge in [0.15, 0.2) is 5.82 Å². The van der Waals surface area contributed by atoms with Crippen LogP contribution in [0.4, 0.5) is 5.69 Å². The predicted molar refractivity (Wildman–Crippen MR) is 120 cm³/mol. The van der Waals surface area contributed by atoms with Crippen LogP contribution in [0, 0.1) is 0 Å². The fourth-order valence-corrected chi connectivity index (χ4v) is 3.17. The van der Waals surface area contributed by atoms with Gasteiger partial charge in [0, 0.05) is 17.3 Å². The molecule has 0 saturated heterocycles. The number of benzene rings is 2. The Morgan fingerprint density at radius 2 is 1.87 bits per heavy atom. The van der Waals surface area contributed by atoms with Crippen molar-refractivity contribution in [3.8, 4) is 11.4 Å². The molecule has 1 amide bonds. The van der Waals surface area contributed by atoms with Crippen molar-refractivity contribution in [2.24, 2.45) is 0 Å². The van der Waals surface area contributed by atoms with Gasteiger partial charge < -0.3 is 9.73 Å². The first-order valence-corrected chi connectivity index (χ1v) is 10.2. The van der Waals surface area contributed by atoms with Crippen molar-refractivity contribution in [2.75, 3.05) is 5.32 Å². The first kappa shape index (κ1) is 20.3. The molecule has 0 spiro atoms. The fraction of sp³-hybridized carbons (Fsp3) is 0.167. The first-order chi connectivity index (χ1) is 15.2. The standard InChI is InChI=1S/C24H23N5O2/c1-3-17(2)18-11-13-20(14-12-18)25-24(30)22(16-21-10-7-15-31-21)29-23(26-27-28-29)19-8-5-4-6-9-19/h4-17H,3H2,1-2H3,(H,25,30)/b22-16+/t17-/m1/s1. The number of carbonyl (C=O) groups is 1. The number of anilines is 1. The van der Waals surface area contributed by atoms with Crippen LogP contribution in [0.5, 0.6) is 0 Å². The van der Waals surface area contributed by atoms with Crippen LogP contribution < -0.4 is 5.32 Å². The molecule has 0 bridgehead atoms. The SMILES string of the molecule is CC[C@@H](C)c1ccc(NC(=O)/C(=C\c2ccco2)n2nnnc2-c2ccccc2)cc1. The van der Waals surface area contributed by atoms with E-state index in [4.69, 9.17) is 4.42 Å². The minimum atomic E-state index is -0.350. The molecule has 7 heteroatoms. The molecule has 4 rings (SSSR count). The van der Waals surface area contributed by atoms with Crippen molar-refractivity contribution in [1.82, 2.24) is 20.2 Å². The Hall–Kier alpha value is -4.00. The summed E-state index contributed by atoms with van der Waals surface area (Å²) in [6.07, 6.45) is 4.22. The smallest absolute Gasteiger partial charge is 0.274 e. The van der Waals surface area contributed by atoms with Crippen molar-refractivity contribution in [3.63, 3.8) is 0 Å². The second-order valence-electron chi connectivity index (χ2n) is 7.21. The van der Waals surface area contributed by atoms with Gasteiger partial charge in [0.2, 0.25) is 0 Å². The van der Waals surface area contributed by atoms with E-state index in [2.05, 4.69) is 34.7 Å². The summed E-state index contributed by atoms with van der Waals surface area (Å²) in [5, 5.41) is 14.9. The Bertz CT molecular complexity index is 1160. The number of carbonyl (C=O) groups excluding carboxylic acids is 1. The Labute approximate surface area is 180 Å². The molecule has 2 heterocycles. The maximum absolute atomic E-state index is 13.3. The zero-order chi connectivity index (χ0) is 21.6. The van der Waals surface area contributed by atoms with Gasteiger partial charge in [-0.05, 0) is 52.6 Å². The Balaban J connectivity index is 1.67. The molecule has 0 aliphatic rings. The maximum atomic E-state index is 13.3. The van der Waals surface area contributed by atoms with Gasteiger partial charge in [-0.3, -0.25) is 4.79 Å². The van der Waals surface area contributed by atoms with Crippen molar-refractivity contribution in [1.29, 1.82) is 0 Å². The lowest BCUT2D eigenvalue weighted by Crippen LogP contribution is -2.19. The summed E-state index contributed by atoms with van der Waals surface area (Å²) in [5.41, 5.74) is 2.96. The summed E-state index contributed by atoms with van der Waals surface area (Å²) in [4.78, 5) is 13.3. The topological polar surface area (TPSA) is 85.8 Å². The predicted octanol–water partition coefficient (Wildman–Crippen LogP) is 5.08. The second-order valence-corrected chi connectivity index (χ2v) is 7.21. The van der Waals surface area contributed by atoms with Crippen LogP contribution >= 0.6 is 0 Å². The Kier molecular flexibility index (Phi) is 6.03. The maximum Gasteiger partial charge on any atom is 0.274 e. The number of aromatic nitrogens is 4. The molecule has 7 nitrogen and oxygen atoms in total. The summed E-state index contributed by atoms with van der Waals surface area (Å²) >= 11 is 0. The zero-order valence-electron chi connectivity index (χ0n) is 17.4. The number of hydrogen-bond acceptors (Lipinski definition) is 5. The van der Waals surface area contributed by atoms with Gasteiger partial charge in [0.1, 0.15) is 11.5 Å². The average Bonchev–Trinajstić information content (AvgIpc) is 3.50. The number of nitrogens with one attached hydrogen (secondary N) is 1. The summed E-state index contributed by atoms with van der Waals surface area (Å²) in [6.45, 7) is 4.34. The van der Waals surface area contributed by atoms with Crippen molar-refractivity contribution >= 4 is 23.4 Å². The monoisotopic (exact) mass is 413 g/mol. The van der Waals surface area contributed by atoms with Gasteiger partial charge in [-0.25, -0.2) is 0 Å². The van der Waals surface area contributed by atoms with E-state index in [-0.39, 0.29) is 11.6 Å². The molecule has 1 atom stereocenters. The molecule has 0 fully saturated rings. The van der Waals surface area contributed by atoms with Gasteiger partial charge in [-0.2, -0.15) is 4.68 Å². The summed E-state index contributed by atoms with van der Waals surface area (Å²) in [6, 6.07) is 20.9. The number of furan rings is 1. The lowest BCUT2D eigenvalue weighted by Gasteiger charge is -2.12. The molecule has 156 valence electrons. The van der Waals surface area contributed by atoms with E-state index in [0.717, 1.165) is 12.0 Å². The molecular formula is C24H23N5O2. The molecule has 2 aromatic carbocycles. The van der Waals surface area contributed by atoms with Crippen LogP contribution in [0.3, 0.4) is 0 Å². The molecule has 0 aliphatic heterocycles. The summed E-state index contributed by atoms with van der Waals surface area (Å²) in [5.74, 6) is 1.10. The van der Waals surface area contributed by atoms with Crippen LogP contribution in [0.15, 0.2) is 77.4 Å². The summed E-state index contributed by atoms with van der Waals surface area (Å²) < 4.78 is 6.84. The third-order valence-electron chi connectivity index (χ3n) is 5.13. The van der Waals surface area contributed by atoms with E-state index in [1.54, 1.807) is 24.5 Å². The van der Waals surface area contributed by atoms with Crippen LogP contribution in [0.25, 0.3) is 23.2 Å². The third kappa shape index (κ3) is 4.61. The Morgan fingerprint density at radius 1 is 1.10 bits per heavy atom. The van der Waals surface area contributed by atoms with E-state index in [9.17, 15) is 4.79 Å². The van der Waals surface area contributed by atoms with E-state index in [1.165, 1.54) is 10.2 Å². The number of hydrogen-bond donors (Lipinski definition) is 1. The van der Waals surface area contributed by atoms with Gasteiger partial charge in [0.25, 0.3) is 5.91 Å². The van der Waals surface area contributed by atoms with Crippen molar-refractivity contribution < 1.29 is 9.21 Å². The minimum absolute atomic E-state index is 0.241. The minimum Gasteiger partial charge on any atom is -0.465 e. The Morgan fingerprint density at radius 3 is 2.55 bits per heavy atom. The highest BCUT2D eigenvalue weighted by atomic mass is 16.3.